The average molecular weight is 215 g/mol. The fraction of sp³-hybridized carbons (Fsp3) is 0.500. The van der Waals surface area contributed by atoms with Crippen LogP contribution in [0.4, 0.5) is 5.82 Å². The quantitative estimate of drug-likeness (QED) is 0.572. The van der Waals surface area contributed by atoms with E-state index in [1.807, 2.05) is 0 Å². The minimum absolute atomic E-state index is 0.00116. The summed E-state index contributed by atoms with van der Waals surface area (Å²) in [5.41, 5.74) is 5.42. The number of carboxylic acid groups (broad SMARTS) is 1. The van der Waals surface area contributed by atoms with Crippen molar-refractivity contribution in [3.05, 3.63) is 11.8 Å². The van der Waals surface area contributed by atoms with E-state index in [1.165, 1.54) is 4.68 Å². The second-order valence-corrected chi connectivity index (χ2v) is 2.84. The molecular weight excluding hydrogens is 202 g/mol. The van der Waals surface area contributed by atoms with Gasteiger partial charge in [0.1, 0.15) is 11.4 Å². The molecule has 7 heteroatoms. The molecule has 0 radical (unpaired) electrons. The molecule has 84 valence electrons. The average Bonchev–Trinajstić information content (AvgIpc) is 2.48. The van der Waals surface area contributed by atoms with E-state index in [0.29, 0.717) is 6.61 Å². The Balaban J connectivity index is 2.74. The van der Waals surface area contributed by atoms with Crippen LogP contribution in [0.25, 0.3) is 0 Å². The lowest BCUT2D eigenvalue weighted by Gasteiger charge is -2.11. The molecule has 1 heterocycles. The minimum atomic E-state index is -1.15. The number of anilines is 1. The van der Waals surface area contributed by atoms with E-state index < -0.39 is 12.3 Å². The number of nitrogens with two attached hydrogens (primary N) is 1. The summed E-state index contributed by atoms with van der Waals surface area (Å²) in [6.07, 6.45) is 0.0925. The molecule has 1 aromatic heterocycles. The number of carbonyl (C=O) groups is 1. The van der Waals surface area contributed by atoms with Crippen molar-refractivity contribution < 1.29 is 19.7 Å². The zero-order valence-corrected chi connectivity index (χ0v) is 8.25. The summed E-state index contributed by atoms with van der Waals surface area (Å²) >= 11 is 0. The Hall–Kier alpha value is -1.60. The van der Waals surface area contributed by atoms with E-state index >= 15 is 0 Å². The normalized spacial score (nSPS) is 12.7. The summed E-state index contributed by atoms with van der Waals surface area (Å²) in [5.74, 6) is -1.15. The molecule has 4 N–H and O–H groups in total. The van der Waals surface area contributed by atoms with Gasteiger partial charge >= 0.3 is 5.97 Å². The molecule has 0 saturated heterocycles. The molecule has 0 aliphatic heterocycles. The summed E-state index contributed by atoms with van der Waals surface area (Å²) in [6.45, 7) is 2.10. The Morgan fingerprint density at radius 2 is 2.47 bits per heavy atom. The van der Waals surface area contributed by atoms with Crippen molar-refractivity contribution in [1.82, 2.24) is 9.78 Å². The van der Waals surface area contributed by atoms with Gasteiger partial charge in [-0.25, -0.2) is 9.48 Å². The number of aromatic nitrogens is 2. The third-order valence-corrected chi connectivity index (χ3v) is 1.80. The van der Waals surface area contributed by atoms with Crippen molar-refractivity contribution in [2.45, 2.75) is 19.8 Å². The molecule has 1 unspecified atom stereocenters. The number of nitrogens with zero attached hydrogens (tertiary/aromatic N) is 2. The maximum absolute atomic E-state index is 10.6. The molecule has 1 rings (SSSR count). The molecule has 0 amide bonds. The molecule has 1 aromatic rings. The number of hydrogen-bond donors (Lipinski definition) is 3. The van der Waals surface area contributed by atoms with Crippen molar-refractivity contribution in [3.8, 4) is 0 Å². The van der Waals surface area contributed by atoms with E-state index in [-0.39, 0.29) is 17.9 Å². The maximum atomic E-state index is 10.6. The number of hydrogen-bond acceptors (Lipinski definition) is 5. The van der Waals surface area contributed by atoms with Crippen LogP contribution in [0.1, 0.15) is 17.3 Å². The van der Waals surface area contributed by atoms with Crippen LogP contribution in [-0.4, -0.2) is 38.9 Å². The van der Waals surface area contributed by atoms with Crippen LogP contribution in [-0.2, 0) is 11.3 Å². The number of nitrogen functional groups attached to an aromatic ring is 1. The van der Waals surface area contributed by atoms with Crippen molar-refractivity contribution >= 4 is 11.8 Å². The Bertz CT molecular complexity index is 350. The highest BCUT2D eigenvalue weighted by Crippen LogP contribution is 2.11. The Labute approximate surface area is 86.1 Å². The van der Waals surface area contributed by atoms with E-state index in [1.54, 1.807) is 6.92 Å². The van der Waals surface area contributed by atoms with Gasteiger partial charge in [-0.1, -0.05) is 0 Å². The van der Waals surface area contributed by atoms with Crippen molar-refractivity contribution in [3.63, 3.8) is 0 Å². The SMILES string of the molecule is CCOC(O)Cn1ncc(C(=O)O)c1N. The van der Waals surface area contributed by atoms with Crippen molar-refractivity contribution in [2.24, 2.45) is 0 Å². The van der Waals surface area contributed by atoms with Gasteiger partial charge in [0.15, 0.2) is 6.29 Å². The third kappa shape index (κ3) is 2.67. The predicted molar refractivity (Wildman–Crippen MR) is 51.2 cm³/mol. The van der Waals surface area contributed by atoms with Crippen LogP contribution in [0.15, 0.2) is 6.20 Å². The lowest BCUT2D eigenvalue weighted by atomic mass is 10.3. The first-order valence-corrected chi connectivity index (χ1v) is 4.40. The Morgan fingerprint density at radius 1 is 1.80 bits per heavy atom. The molecule has 7 nitrogen and oxygen atoms in total. The first kappa shape index (κ1) is 11.5. The highest BCUT2D eigenvalue weighted by molar-refractivity contribution is 5.92. The lowest BCUT2D eigenvalue weighted by molar-refractivity contribution is -0.105. The van der Waals surface area contributed by atoms with Crippen molar-refractivity contribution in [1.29, 1.82) is 0 Å². The molecule has 0 bridgehead atoms. The van der Waals surface area contributed by atoms with Gasteiger partial charge in [-0.05, 0) is 6.92 Å². The van der Waals surface area contributed by atoms with Crippen LogP contribution >= 0.6 is 0 Å². The molecule has 0 aliphatic rings. The van der Waals surface area contributed by atoms with Gasteiger partial charge in [0, 0.05) is 6.61 Å². The zero-order valence-electron chi connectivity index (χ0n) is 8.25. The topological polar surface area (TPSA) is 111 Å². The van der Waals surface area contributed by atoms with E-state index in [2.05, 4.69) is 5.10 Å². The zero-order chi connectivity index (χ0) is 11.4. The number of ether oxygens (including phenoxy) is 1. The monoisotopic (exact) mass is 215 g/mol. The number of aromatic carboxylic acids is 1. The molecular formula is C8H13N3O4. The van der Waals surface area contributed by atoms with E-state index in [9.17, 15) is 9.90 Å². The Morgan fingerprint density at radius 3 is 2.93 bits per heavy atom. The van der Waals surface area contributed by atoms with E-state index in [4.69, 9.17) is 15.6 Å². The van der Waals surface area contributed by atoms with Gasteiger partial charge in [-0.2, -0.15) is 5.10 Å². The summed E-state index contributed by atoms with van der Waals surface area (Å²) in [7, 11) is 0. The van der Waals surface area contributed by atoms with Crippen LogP contribution in [0.2, 0.25) is 0 Å². The summed E-state index contributed by atoms with van der Waals surface area (Å²) < 4.78 is 6.05. The standard InChI is InChI=1S/C8H13N3O4/c1-2-15-6(12)4-11-7(9)5(3-10-11)8(13)14/h3,6,12H,2,4,9H2,1H3,(H,13,14). The number of aliphatic hydroxyl groups is 1. The smallest absolute Gasteiger partial charge is 0.341 e. The fourth-order valence-electron chi connectivity index (χ4n) is 1.10. The number of carboxylic acids is 1. The van der Waals surface area contributed by atoms with Gasteiger partial charge in [0.05, 0.1) is 12.7 Å². The maximum Gasteiger partial charge on any atom is 0.341 e. The summed E-state index contributed by atoms with van der Waals surface area (Å²) in [6, 6.07) is 0. The van der Waals surface area contributed by atoms with Crippen molar-refractivity contribution in [2.75, 3.05) is 12.3 Å². The van der Waals surface area contributed by atoms with Gasteiger partial charge < -0.3 is 20.7 Å². The van der Waals surface area contributed by atoms with Gasteiger partial charge in [-0.15, -0.1) is 0 Å². The van der Waals surface area contributed by atoms with Crippen LogP contribution in [0.5, 0.6) is 0 Å². The lowest BCUT2D eigenvalue weighted by Crippen LogP contribution is -2.21. The molecule has 0 saturated carbocycles. The molecule has 0 aromatic carbocycles. The number of rotatable bonds is 5. The van der Waals surface area contributed by atoms with Crippen LogP contribution in [0, 0.1) is 0 Å². The van der Waals surface area contributed by atoms with Gasteiger partial charge in [-0.3, -0.25) is 0 Å². The highest BCUT2D eigenvalue weighted by atomic mass is 16.6. The first-order chi connectivity index (χ1) is 7.06. The summed E-state index contributed by atoms with van der Waals surface area (Å²) in [4.78, 5) is 10.6. The predicted octanol–water partition coefficient (Wildman–Crippen LogP) is -0.482. The second-order valence-electron chi connectivity index (χ2n) is 2.84. The van der Waals surface area contributed by atoms with E-state index in [0.717, 1.165) is 6.20 Å². The molecule has 15 heavy (non-hydrogen) atoms. The highest BCUT2D eigenvalue weighted by Gasteiger charge is 2.15. The fourth-order valence-corrected chi connectivity index (χ4v) is 1.10. The van der Waals surface area contributed by atoms with Crippen LogP contribution in [0.3, 0.4) is 0 Å². The molecule has 1 atom stereocenters. The minimum Gasteiger partial charge on any atom is -0.477 e. The number of aliphatic hydroxyl groups excluding tert-OH is 1. The first-order valence-electron chi connectivity index (χ1n) is 4.40. The second kappa shape index (κ2) is 4.76. The Kier molecular flexibility index (Phi) is 3.64. The molecule has 0 aliphatic carbocycles. The molecule has 0 spiro atoms. The summed E-state index contributed by atoms with van der Waals surface area (Å²) in [5, 5.41) is 21.7. The largest absolute Gasteiger partial charge is 0.477 e. The third-order valence-electron chi connectivity index (χ3n) is 1.80. The van der Waals surface area contributed by atoms with Gasteiger partial charge in [0.25, 0.3) is 0 Å². The molecule has 0 fully saturated rings. The van der Waals surface area contributed by atoms with Crippen LogP contribution < -0.4 is 5.73 Å². The van der Waals surface area contributed by atoms with Gasteiger partial charge in [0.2, 0.25) is 0 Å².